The van der Waals surface area contributed by atoms with Crippen molar-refractivity contribution in [2.75, 3.05) is 18.4 Å². The number of hydrogen-bond donors (Lipinski definition) is 2. The molecular formula is C17H23ClN4O. The van der Waals surface area contributed by atoms with Crippen molar-refractivity contribution < 1.29 is 4.79 Å². The molecule has 124 valence electrons. The van der Waals surface area contributed by atoms with Gasteiger partial charge in [-0.1, -0.05) is 6.07 Å². The Morgan fingerprint density at radius 3 is 2.70 bits per heavy atom. The minimum Gasteiger partial charge on any atom is -0.321 e. The summed E-state index contributed by atoms with van der Waals surface area (Å²) < 4.78 is 1.91. The third-order valence-corrected chi connectivity index (χ3v) is 3.97. The van der Waals surface area contributed by atoms with Crippen molar-refractivity contribution in [1.82, 2.24) is 15.1 Å². The van der Waals surface area contributed by atoms with Crippen molar-refractivity contribution in [3.05, 3.63) is 47.3 Å². The monoisotopic (exact) mass is 334 g/mol. The summed E-state index contributed by atoms with van der Waals surface area (Å²) in [6.07, 6.45) is 4.15. The van der Waals surface area contributed by atoms with Crippen LogP contribution < -0.4 is 10.6 Å². The Morgan fingerprint density at radius 1 is 1.30 bits per heavy atom. The predicted octanol–water partition coefficient (Wildman–Crippen LogP) is 3.10. The van der Waals surface area contributed by atoms with Gasteiger partial charge >= 0.3 is 0 Å². The van der Waals surface area contributed by atoms with E-state index < -0.39 is 0 Å². The molecular weight excluding hydrogens is 312 g/mol. The average Bonchev–Trinajstić information content (AvgIpc) is 2.97. The van der Waals surface area contributed by atoms with Crippen LogP contribution in [0.25, 0.3) is 0 Å². The lowest BCUT2D eigenvalue weighted by molar-refractivity contribution is 0.102. The second kappa shape index (κ2) is 7.62. The Balaban J connectivity index is 0.00000192. The molecule has 0 saturated carbocycles. The molecule has 1 fully saturated rings. The summed E-state index contributed by atoms with van der Waals surface area (Å²) in [5.41, 5.74) is 3.55. The number of aromatic nitrogens is 2. The zero-order chi connectivity index (χ0) is 15.5. The third-order valence-electron chi connectivity index (χ3n) is 3.97. The summed E-state index contributed by atoms with van der Waals surface area (Å²) in [6, 6.07) is 8.14. The van der Waals surface area contributed by atoms with Gasteiger partial charge in [-0.05, 0) is 62.6 Å². The van der Waals surface area contributed by atoms with Gasteiger partial charge in [0.15, 0.2) is 5.69 Å². The van der Waals surface area contributed by atoms with Crippen LogP contribution in [0.2, 0.25) is 0 Å². The van der Waals surface area contributed by atoms with Crippen LogP contribution >= 0.6 is 12.4 Å². The Hall–Kier alpha value is -1.85. The molecule has 23 heavy (non-hydrogen) atoms. The summed E-state index contributed by atoms with van der Waals surface area (Å²) in [7, 11) is 0. The summed E-state index contributed by atoms with van der Waals surface area (Å²) in [5, 5.41) is 10.7. The number of amides is 1. The number of carbonyl (C=O) groups is 1. The number of aryl methyl sites for hydroxylation is 2. The van der Waals surface area contributed by atoms with Gasteiger partial charge in [-0.2, -0.15) is 5.10 Å². The third kappa shape index (κ3) is 4.33. The molecule has 1 aromatic carbocycles. The zero-order valence-corrected chi connectivity index (χ0v) is 14.3. The molecule has 0 radical (unpaired) electrons. The van der Waals surface area contributed by atoms with Crippen LogP contribution in [0.4, 0.5) is 5.69 Å². The van der Waals surface area contributed by atoms with Crippen LogP contribution in [0.5, 0.6) is 0 Å². The first-order chi connectivity index (χ1) is 10.6. The predicted molar refractivity (Wildman–Crippen MR) is 94.5 cm³/mol. The SMILES string of the molecule is Cc1cc(C)cc(NC(=O)c2ccn(C3CCCNC3)n2)c1.Cl. The number of carbonyl (C=O) groups excluding carboxylic acids is 1. The zero-order valence-electron chi connectivity index (χ0n) is 13.5. The topological polar surface area (TPSA) is 59.0 Å². The largest absolute Gasteiger partial charge is 0.321 e. The van der Waals surface area contributed by atoms with E-state index in [1.54, 1.807) is 6.07 Å². The highest BCUT2D eigenvalue weighted by molar-refractivity contribution is 6.02. The number of hydrogen-bond acceptors (Lipinski definition) is 3. The molecule has 0 aliphatic carbocycles. The Morgan fingerprint density at radius 2 is 2.04 bits per heavy atom. The van der Waals surface area contributed by atoms with Gasteiger partial charge in [0.05, 0.1) is 6.04 Å². The van der Waals surface area contributed by atoms with Crippen molar-refractivity contribution in [2.45, 2.75) is 32.7 Å². The number of nitrogens with one attached hydrogen (secondary N) is 2. The van der Waals surface area contributed by atoms with E-state index in [0.29, 0.717) is 11.7 Å². The van der Waals surface area contributed by atoms with E-state index >= 15 is 0 Å². The average molecular weight is 335 g/mol. The van der Waals surface area contributed by atoms with Crippen molar-refractivity contribution in [3.63, 3.8) is 0 Å². The van der Waals surface area contributed by atoms with Gasteiger partial charge in [0.2, 0.25) is 0 Å². The molecule has 5 nitrogen and oxygen atoms in total. The van der Waals surface area contributed by atoms with Gasteiger partial charge in [-0.3, -0.25) is 9.48 Å². The fourth-order valence-electron chi connectivity index (χ4n) is 2.96. The number of anilines is 1. The highest BCUT2D eigenvalue weighted by Gasteiger charge is 2.17. The quantitative estimate of drug-likeness (QED) is 0.906. The van der Waals surface area contributed by atoms with Crippen LogP contribution in [0.3, 0.4) is 0 Å². The van der Waals surface area contributed by atoms with E-state index in [1.165, 1.54) is 0 Å². The Kier molecular flexibility index (Phi) is 5.80. The van der Waals surface area contributed by atoms with Crippen LogP contribution in [0, 0.1) is 13.8 Å². The van der Waals surface area contributed by atoms with Crippen molar-refractivity contribution in [3.8, 4) is 0 Å². The van der Waals surface area contributed by atoms with Crippen molar-refractivity contribution in [1.29, 1.82) is 0 Å². The number of piperidine rings is 1. The smallest absolute Gasteiger partial charge is 0.276 e. The molecule has 6 heteroatoms. The molecule has 2 heterocycles. The van der Waals surface area contributed by atoms with Crippen molar-refractivity contribution in [2.24, 2.45) is 0 Å². The number of rotatable bonds is 3. The maximum atomic E-state index is 12.3. The van der Waals surface area contributed by atoms with Crippen LogP contribution in [-0.4, -0.2) is 28.8 Å². The molecule has 0 bridgehead atoms. The van der Waals surface area contributed by atoms with Gasteiger partial charge in [-0.15, -0.1) is 12.4 Å². The number of nitrogens with zero attached hydrogens (tertiary/aromatic N) is 2. The molecule has 2 aromatic rings. The van der Waals surface area contributed by atoms with Crippen LogP contribution in [-0.2, 0) is 0 Å². The minimum absolute atomic E-state index is 0. The highest BCUT2D eigenvalue weighted by atomic mass is 35.5. The second-order valence-corrected chi connectivity index (χ2v) is 6.01. The van der Waals surface area contributed by atoms with Crippen LogP contribution in [0.1, 0.15) is 40.5 Å². The molecule has 0 spiro atoms. The normalized spacial score (nSPS) is 17.4. The lowest BCUT2D eigenvalue weighted by Gasteiger charge is -2.22. The first-order valence-electron chi connectivity index (χ1n) is 7.77. The van der Waals surface area contributed by atoms with E-state index in [-0.39, 0.29) is 18.3 Å². The van der Waals surface area contributed by atoms with E-state index in [2.05, 4.69) is 21.8 Å². The lowest BCUT2D eigenvalue weighted by atomic mass is 10.1. The minimum atomic E-state index is -0.160. The molecule has 1 aliphatic heterocycles. The highest BCUT2D eigenvalue weighted by Crippen LogP contribution is 2.17. The first-order valence-corrected chi connectivity index (χ1v) is 7.77. The summed E-state index contributed by atoms with van der Waals surface area (Å²) in [5.74, 6) is -0.160. The summed E-state index contributed by atoms with van der Waals surface area (Å²) in [4.78, 5) is 12.3. The lowest BCUT2D eigenvalue weighted by Crippen LogP contribution is -2.32. The molecule has 1 atom stereocenters. The van der Waals surface area contributed by atoms with Gasteiger partial charge in [0.1, 0.15) is 0 Å². The molecule has 1 amide bonds. The molecule has 1 saturated heterocycles. The van der Waals surface area contributed by atoms with E-state index in [4.69, 9.17) is 0 Å². The van der Waals surface area contributed by atoms with E-state index in [0.717, 1.165) is 42.7 Å². The van der Waals surface area contributed by atoms with E-state index in [1.807, 2.05) is 36.9 Å². The molecule has 1 unspecified atom stereocenters. The van der Waals surface area contributed by atoms with E-state index in [9.17, 15) is 4.79 Å². The fraction of sp³-hybridized carbons (Fsp3) is 0.412. The van der Waals surface area contributed by atoms with Crippen molar-refractivity contribution >= 4 is 24.0 Å². The van der Waals surface area contributed by atoms with Gasteiger partial charge in [-0.25, -0.2) is 0 Å². The maximum Gasteiger partial charge on any atom is 0.276 e. The van der Waals surface area contributed by atoms with Gasteiger partial charge in [0.25, 0.3) is 5.91 Å². The first kappa shape index (κ1) is 17.5. The molecule has 2 N–H and O–H groups in total. The molecule has 3 rings (SSSR count). The van der Waals surface area contributed by atoms with Crippen LogP contribution in [0.15, 0.2) is 30.5 Å². The number of benzene rings is 1. The second-order valence-electron chi connectivity index (χ2n) is 6.01. The van der Waals surface area contributed by atoms with Gasteiger partial charge < -0.3 is 10.6 Å². The number of halogens is 1. The summed E-state index contributed by atoms with van der Waals surface area (Å²) >= 11 is 0. The Bertz CT molecular complexity index is 657. The Labute approximate surface area is 142 Å². The molecule has 1 aromatic heterocycles. The fourth-order valence-corrected chi connectivity index (χ4v) is 2.96. The maximum absolute atomic E-state index is 12.3. The molecule has 1 aliphatic rings. The standard InChI is InChI=1S/C17H22N4O.ClH/c1-12-8-13(2)10-14(9-12)19-17(22)16-5-7-21(20-16)15-4-3-6-18-11-15;/h5,7-10,15,18H,3-4,6,11H2,1-2H3,(H,19,22);1H. The van der Waals surface area contributed by atoms with Gasteiger partial charge in [0, 0.05) is 18.4 Å². The summed E-state index contributed by atoms with van der Waals surface area (Å²) in [6.45, 7) is 6.03.